The quantitative estimate of drug-likeness (QED) is 0.939. The van der Waals surface area contributed by atoms with Gasteiger partial charge in [-0.25, -0.2) is 8.42 Å². The van der Waals surface area contributed by atoms with Gasteiger partial charge in [0.25, 0.3) is 10.0 Å². The summed E-state index contributed by atoms with van der Waals surface area (Å²) in [5, 5.41) is 0. The van der Waals surface area contributed by atoms with Gasteiger partial charge in [-0.15, -0.1) is 0 Å². The van der Waals surface area contributed by atoms with Gasteiger partial charge in [0.1, 0.15) is 5.75 Å². The SMILES string of the molecule is C.COc1ccc(S(=O)(=O)Nc2ccc(C)cc2)cc1. The van der Waals surface area contributed by atoms with Gasteiger partial charge >= 0.3 is 0 Å². The molecule has 2 aromatic carbocycles. The first-order valence-corrected chi connectivity index (χ1v) is 7.23. The van der Waals surface area contributed by atoms with E-state index in [4.69, 9.17) is 4.74 Å². The molecule has 0 aliphatic carbocycles. The Morgan fingerprint density at radius 3 is 2.00 bits per heavy atom. The Kier molecular flexibility index (Phi) is 5.16. The molecule has 2 rings (SSSR count). The first kappa shape index (κ1) is 16.0. The van der Waals surface area contributed by atoms with Crippen LogP contribution in [0.25, 0.3) is 0 Å². The first-order chi connectivity index (χ1) is 9.01. The van der Waals surface area contributed by atoms with E-state index in [0.717, 1.165) is 5.56 Å². The highest BCUT2D eigenvalue weighted by Crippen LogP contribution is 2.19. The molecule has 4 nitrogen and oxygen atoms in total. The van der Waals surface area contributed by atoms with Crippen LogP contribution in [0.1, 0.15) is 13.0 Å². The van der Waals surface area contributed by atoms with Crippen LogP contribution in [0, 0.1) is 6.92 Å². The molecule has 1 N–H and O–H groups in total. The normalized spacial score (nSPS) is 10.5. The third kappa shape index (κ3) is 3.74. The number of anilines is 1. The smallest absolute Gasteiger partial charge is 0.261 e. The number of ether oxygens (including phenoxy) is 1. The van der Waals surface area contributed by atoms with E-state index >= 15 is 0 Å². The van der Waals surface area contributed by atoms with Crippen LogP contribution < -0.4 is 9.46 Å². The average Bonchev–Trinajstić information content (AvgIpc) is 2.41. The third-order valence-corrected chi connectivity index (χ3v) is 4.07. The van der Waals surface area contributed by atoms with Crippen molar-refractivity contribution in [2.24, 2.45) is 0 Å². The minimum Gasteiger partial charge on any atom is -0.497 e. The summed E-state index contributed by atoms with van der Waals surface area (Å²) in [6.07, 6.45) is 0. The van der Waals surface area contributed by atoms with Crippen molar-refractivity contribution < 1.29 is 13.2 Å². The fraction of sp³-hybridized carbons (Fsp3) is 0.200. The van der Waals surface area contributed by atoms with Crippen molar-refractivity contribution in [2.45, 2.75) is 19.2 Å². The topological polar surface area (TPSA) is 55.4 Å². The minimum atomic E-state index is -3.56. The summed E-state index contributed by atoms with van der Waals surface area (Å²) < 4.78 is 31.8. The molecule has 0 aromatic heterocycles. The number of hydrogen-bond donors (Lipinski definition) is 1. The van der Waals surface area contributed by atoms with Crippen LogP contribution in [0.4, 0.5) is 5.69 Å². The van der Waals surface area contributed by atoms with Gasteiger partial charge in [-0.3, -0.25) is 4.72 Å². The van der Waals surface area contributed by atoms with Crippen molar-refractivity contribution in [3.63, 3.8) is 0 Å². The number of benzene rings is 2. The van der Waals surface area contributed by atoms with Crippen molar-refractivity contribution in [1.82, 2.24) is 0 Å². The number of aryl methyl sites for hydroxylation is 1. The Morgan fingerprint density at radius 2 is 1.50 bits per heavy atom. The van der Waals surface area contributed by atoms with Gasteiger partial charge in [0.05, 0.1) is 12.0 Å². The Balaban J connectivity index is 0.00000200. The van der Waals surface area contributed by atoms with Crippen LogP contribution in [0.15, 0.2) is 53.4 Å². The van der Waals surface area contributed by atoms with E-state index in [-0.39, 0.29) is 12.3 Å². The van der Waals surface area contributed by atoms with E-state index < -0.39 is 10.0 Å². The van der Waals surface area contributed by atoms with E-state index in [0.29, 0.717) is 11.4 Å². The summed E-state index contributed by atoms with van der Waals surface area (Å²) in [6, 6.07) is 13.4. The van der Waals surface area contributed by atoms with Crippen LogP contribution in [0.5, 0.6) is 5.75 Å². The molecule has 0 saturated heterocycles. The summed E-state index contributed by atoms with van der Waals surface area (Å²) in [6.45, 7) is 1.95. The highest BCUT2D eigenvalue weighted by molar-refractivity contribution is 7.92. The summed E-state index contributed by atoms with van der Waals surface area (Å²) in [4.78, 5) is 0.203. The molecule has 0 saturated carbocycles. The molecule has 2 aromatic rings. The monoisotopic (exact) mass is 293 g/mol. The fourth-order valence-electron chi connectivity index (χ4n) is 1.59. The molecule has 0 atom stereocenters. The Bertz CT molecular complexity index is 647. The third-order valence-electron chi connectivity index (χ3n) is 2.67. The zero-order valence-corrected chi connectivity index (χ0v) is 11.6. The molecule has 0 radical (unpaired) electrons. The molecular formula is C15H19NO3S. The zero-order valence-electron chi connectivity index (χ0n) is 10.8. The van der Waals surface area contributed by atoms with E-state index in [1.807, 2.05) is 19.1 Å². The first-order valence-electron chi connectivity index (χ1n) is 5.75. The van der Waals surface area contributed by atoms with Gasteiger partial charge in [0, 0.05) is 5.69 Å². The highest BCUT2D eigenvalue weighted by atomic mass is 32.2. The number of hydrogen-bond acceptors (Lipinski definition) is 3. The Morgan fingerprint density at radius 1 is 0.950 bits per heavy atom. The lowest BCUT2D eigenvalue weighted by molar-refractivity contribution is 0.414. The highest BCUT2D eigenvalue weighted by Gasteiger charge is 2.13. The fourth-order valence-corrected chi connectivity index (χ4v) is 2.65. The number of rotatable bonds is 4. The maximum Gasteiger partial charge on any atom is 0.261 e. The second-order valence-electron chi connectivity index (χ2n) is 4.15. The predicted octanol–water partition coefficient (Wildman–Crippen LogP) is 3.44. The number of nitrogens with one attached hydrogen (secondary N) is 1. The summed E-state index contributed by atoms with van der Waals surface area (Å²) >= 11 is 0. The largest absolute Gasteiger partial charge is 0.497 e. The summed E-state index contributed by atoms with van der Waals surface area (Å²) in [5.74, 6) is 0.620. The van der Waals surface area contributed by atoms with Gasteiger partial charge in [0.2, 0.25) is 0 Å². The molecule has 5 heteroatoms. The van der Waals surface area contributed by atoms with E-state index in [2.05, 4.69) is 4.72 Å². The Hall–Kier alpha value is -2.01. The second-order valence-corrected chi connectivity index (χ2v) is 5.83. The van der Waals surface area contributed by atoms with Crippen molar-refractivity contribution in [3.8, 4) is 5.75 Å². The standard InChI is InChI=1S/C14H15NO3S.CH4/c1-11-3-5-12(6-4-11)15-19(16,17)14-9-7-13(18-2)8-10-14;/h3-10,15H,1-2H3;1H4. The van der Waals surface area contributed by atoms with E-state index in [9.17, 15) is 8.42 Å². The van der Waals surface area contributed by atoms with Crippen LogP contribution in [0.3, 0.4) is 0 Å². The van der Waals surface area contributed by atoms with Crippen LogP contribution in [-0.2, 0) is 10.0 Å². The molecule has 0 aliphatic heterocycles. The summed E-state index contributed by atoms with van der Waals surface area (Å²) in [5.41, 5.74) is 1.62. The number of methoxy groups -OCH3 is 1. The van der Waals surface area contributed by atoms with Crippen molar-refractivity contribution in [1.29, 1.82) is 0 Å². The molecule has 0 spiro atoms. The van der Waals surface area contributed by atoms with Gasteiger partial charge in [-0.05, 0) is 43.3 Å². The van der Waals surface area contributed by atoms with Crippen molar-refractivity contribution in [2.75, 3.05) is 11.8 Å². The zero-order chi connectivity index (χ0) is 13.9. The molecule has 0 unspecified atom stereocenters. The van der Waals surface area contributed by atoms with Gasteiger partial charge in [-0.1, -0.05) is 25.1 Å². The van der Waals surface area contributed by atoms with Gasteiger partial charge in [-0.2, -0.15) is 0 Å². The van der Waals surface area contributed by atoms with Gasteiger partial charge in [0.15, 0.2) is 0 Å². The predicted molar refractivity (Wildman–Crippen MR) is 81.7 cm³/mol. The lowest BCUT2D eigenvalue weighted by Crippen LogP contribution is -2.12. The average molecular weight is 293 g/mol. The molecule has 0 aliphatic rings. The maximum atomic E-state index is 12.1. The molecular weight excluding hydrogens is 274 g/mol. The minimum absolute atomic E-state index is 0. The lowest BCUT2D eigenvalue weighted by atomic mass is 10.2. The van der Waals surface area contributed by atoms with Crippen molar-refractivity contribution in [3.05, 3.63) is 54.1 Å². The molecule has 108 valence electrons. The lowest BCUT2D eigenvalue weighted by Gasteiger charge is -2.08. The van der Waals surface area contributed by atoms with Crippen LogP contribution in [0.2, 0.25) is 0 Å². The molecule has 0 bridgehead atoms. The van der Waals surface area contributed by atoms with E-state index in [1.165, 1.54) is 19.2 Å². The number of sulfonamides is 1. The van der Waals surface area contributed by atoms with E-state index in [1.54, 1.807) is 24.3 Å². The second kappa shape index (κ2) is 6.43. The molecule has 0 amide bonds. The van der Waals surface area contributed by atoms with Gasteiger partial charge < -0.3 is 4.74 Å². The van der Waals surface area contributed by atoms with Crippen LogP contribution in [-0.4, -0.2) is 15.5 Å². The molecule has 0 heterocycles. The summed E-state index contributed by atoms with van der Waals surface area (Å²) in [7, 11) is -2.02. The molecule has 0 fully saturated rings. The van der Waals surface area contributed by atoms with Crippen LogP contribution >= 0.6 is 0 Å². The Labute approximate surface area is 120 Å². The maximum absolute atomic E-state index is 12.1. The van der Waals surface area contributed by atoms with Crippen molar-refractivity contribution >= 4 is 15.7 Å². The molecule has 20 heavy (non-hydrogen) atoms.